The normalized spacial score (nSPS) is 12.7. The van der Waals surface area contributed by atoms with Crippen LogP contribution in [-0.4, -0.2) is 41.2 Å². The Kier molecular flexibility index (Phi) is 5.98. The van der Waals surface area contributed by atoms with Crippen molar-refractivity contribution in [3.63, 3.8) is 0 Å². The average Bonchev–Trinajstić information content (AvgIpc) is 2.35. The molecule has 0 radical (unpaired) electrons. The minimum atomic E-state index is 0.0355. The van der Waals surface area contributed by atoms with Crippen molar-refractivity contribution >= 4 is 11.9 Å². The van der Waals surface area contributed by atoms with Gasteiger partial charge in [-0.3, -0.25) is 0 Å². The van der Waals surface area contributed by atoms with Gasteiger partial charge in [0.15, 0.2) is 0 Å². The highest BCUT2D eigenvalue weighted by Crippen LogP contribution is 2.19. The molecule has 6 nitrogen and oxygen atoms in total. The van der Waals surface area contributed by atoms with Crippen LogP contribution in [0, 0.1) is 5.92 Å². The van der Waals surface area contributed by atoms with E-state index in [1.54, 1.807) is 7.05 Å². The van der Waals surface area contributed by atoms with E-state index in [9.17, 15) is 0 Å². The van der Waals surface area contributed by atoms with E-state index in [-0.39, 0.29) is 6.10 Å². The quantitative estimate of drug-likeness (QED) is 0.828. The van der Waals surface area contributed by atoms with Crippen LogP contribution < -0.4 is 15.0 Å². The molecule has 1 heterocycles. The van der Waals surface area contributed by atoms with Gasteiger partial charge in [-0.1, -0.05) is 13.8 Å². The molecule has 114 valence electrons. The van der Waals surface area contributed by atoms with Gasteiger partial charge >= 0.3 is 6.01 Å². The summed E-state index contributed by atoms with van der Waals surface area (Å²) >= 11 is 0. The van der Waals surface area contributed by atoms with Crippen LogP contribution in [0.4, 0.5) is 11.9 Å². The van der Waals surface area contributed by atoms with E-state index in [0.717, 1.165) is 6.42 Å². The Bertz CT molecular complexity index is 422. The minimum absolute atomic E-state index is 0.0355. The fourth-order valence-electron chi connectivity index (χ4n) is 1.92. The molecule has 0 saturated carbocycles. The third kappa shape index (κ3) is 4.83. The SMILES string of the molecule is CNc1nc(OC(C)C)nc(N(C)C(C)CC(C)C)n1. The Morgan fingerprint density at radius 2 is 1.75 bits per heavy atom. The maximum atomic E-state index is 5.58. The molecule has 1 aromatic rings. The number of aromatic nitrogens is 3. The summed E-state index contributed by atoms with van der Waals surface area (Å²) in [6.07, 6.45) is 1.12. The van der Waals surface area contributed by atoms with Gasteiger partial charge in [-0.2, -0.15) is 15.0 Å². The van der Waals surface area contributed by atoms with Gasteiger partial charge in [-0.05, 0) is 33.1 Å². The van der Waals surface area contributed by atoms with E-state index in [1.807, 2.05) is 20.9 Å². The summed E-state index contributed by atoms with van der Waals surface area (Å²) in [7, 11) is 3.79. The molecule has 0 saturated heterocycles. The molecule has 1 aromatic heterocycles. The number of hydrogen-bond acceptors (Lipinski definition) is 6. The largest absolute Gasteiger partial charge is 0.461 e. The van der Waals surface area contributed by atoms with Crippen molar-refractivity contribution in [3.05, 3.63) is 0 Å². The van der Waals surface area contributed by atoms with Gasteiger partial charge in [0.05, 0.1) is 6.10 Å². The maximum absolute atomic E-state index is 5.58. The Morgan fingerprint density at radius 3 is 2.25 bits per heavy atom. The minimum Gasteiger partial charge on any atom is -0.461 e. The second kappa shape index (κ2) is 7.26. The van der Waals surface area contributed by atoms with Crippen LogP contribution in [-0.2, 0) is 0 Å². The van der Waals surface area contributed by atoms with E-state index >= 15 is 0 Å². The molecule has 0 aliphatic rings. The van der Waals surface area contributed by atoms with Gasteiger partial charge < -0.3 is 15.0 Å². The fraction of sp³-hybridized carbons (Fsp3) is 0.786. The third-order valence-corrected chi connectivity index (χ3v) is 2.96. The summed E-state index contributed by atoms with van der Waals surface area (Å²) in [6.45, 7) is 10.5. The van der Waals surface area contributed by atoms with Crippen LogP contribution in [0.15, 0.2) is 0 Å². The van der Waals surface area contributed by atoms with Gasteiger partial charge in [0.1, 0.15) is 0 Å². The zero-order valence-electron chi connectivity index (χ0n) is 13.6. The molecule has 1 atom stereocenters. The molecule has 6 heteroatoms. The lowest BCUT2D eigenvalue weighted by atomic mass is 10.0. The molecule has 1 N–H and O–H groups in total. The second-order valence-electron chi connectivity index (χ2n) is 5.75. The molecule has 0 bridgehead atoms. The number of anilines is 2. The second-order valence-corrected chi connectivity index (χ2v) is 5.75. The number of nitrogens with zero attached hydrogens (tertiary/aromatic N) is 4. The van der Waals surface area contributed by atoms with E-state index in [0.29, 0.717) is 29.9 Å². The van der Waals surface area contributed by atoms with Gasteiger partial charge in [-0.15, -0.1) is 0 Å². The molecule has 0 amide bonds. The number of rotatable bonds is 7. The maximum Gasteiger partial charge on any atom is 0.323 e. The van der Waals surface area contributed by atoms with E-state index in [1.165, 1.54) is 0 Å². The van der Waals surface area contributed by atoms with Crippen LogP contribution in [0.2, 0.25) is 0 Å². The van der Waals surface area contributed by atoms with Crippen LogP contribution >= 0.6 is 0 Å². The summed E-state index contributed by atoms with van der Waals surface area (Å²) < 4.78 is 5.58. The molecule has 0 aliphatic heterocycles. The van der Waals surface area contributed by atoms with Crippen molar-refractivity contribution in [2.75, 3.05) is 24.3 Å². The van der Waals surface area contributed by atoms with E-state index < -0.39 is 0 Å². The van der Waals surface area contributed by atoms with Gasteiger partial charge in [0.25, 0.3) is 0 Å². The summed E-state index contributed by atoms with van der Waals surface area (Å²) in [5, 5.41) is 2.95. The van der Waals surface area contributed by atoms with Crippen LogP contribution in [0.1, 0.15) is 41.0 Å². The van der Waals surface area contributed by atoms with Gasteiger partial charge in [-0.25, -0.2) is 0 Å². The highest BCUT2D eigenvalue weighted by atomic mass is 16.5. The fourth-order valence-corrected chi connectivity index (χ4v) is 1.92. The summed E-state index contributed by atoms with van der Waals surface area (Å²) in [5.74, 6) is 1.78. The first-order valence-corrected chi connectivity index (χ1v) is 7.16. The number of nitrogens with one attached hydrogen (secondary N) is 1. The first kappa shape index (κ1) is 16.5. The summed E-state index contributed by atoms with van der Waals surface area (Å²) in [4.78, 5) is 15.1. The molecular weight excluding hydrogens is 254 g/mol. The molecular formula is C14H27N5O. The lowest BCUT2D eigenvalue weighted by Crippen LogP contribution is -2.32. The Labute approximate surface area is 122 Å². The molecule has 0 fully saturated rings. The highest BCUT2D eigenvalue weighted by molar-refractivity contribution is 5.38. The summed E-state index contributed by atoms with van der Waals surface area (Å²) in [5.41, 5.74) is 0. The number of ether oxygens (including phenoxy) is 1. The van der Waals surface area contributed by atoms with Crippen molar-refractivity contribution in [2.45, 2.75) is 53.2 Å². The van der Waals surface area contributed by atoms with E-state index in [4.69, 9.17) is 4.74 Å². The molecule has 1 rings (SSSR count). The number of hydrogen-bond donors (Lipinski definition) is 1. The Hall–Kier alpha value is -1.59. The molecule has 0 spiro atoms. The predicted octanol–water partition coefficient (Wildman–Crippen LogP) is 2.57. The molecule has 0 aliphatic carbocycles. The lowest BCUT2D eigenvalue weighted by Gasteiger charge is -2.26. The zero-order valence-corrected chi connectivity index (χ0v) is 13.6. The summed E-state index contributed by atoms with van der Waals surface area (Å²) in [6, 6.07) is 0.715. The van der Waals surface area contributed by atoms with E-state index in [2.05, 4.69) is 45.9 Å². The van der Waals surface area contributed by atoms with Crippen molar-refractivity contribution in [1.29, 1.82) is 0 Å². The Morgan fingerprint density at radius 1 is 1.10 bits per heavy atom. The zero-order chi connectivity index (χ0) is 15.3. The van der Waals surface area contributed by atoms with Crippen LogP contribution in [0.25, 0.3) is 0 Å². The van der Waals surface area contributed by atoms with Crippen molar-refractivity contribution < 1.29 is 4.74 Å². The average molecular weight is 281 g/mol. The monoisotopic (exact) mass is 281 g/mol. The Balaban J connectivity index is 2.97. The lowest BCUT2D eigenvalue weighted by molar-refractivity contribution is 0.222. The smallest absolute Gasteiger partial charge is 0.323 e. The first-order valence-electron chi connectivity index (χ1n) is 7.16. The van der Waals surface area contributed by atoms with Crippen molar-refractivity contribution in [1.82, 2.24) is 15.0 Å². The van der Waals surface area contributed by atoms with Gasteiger partial charge in [0, 0.05) is 20.1 Å². The molecule has 0 aromatic carbocycles. The van der Waals surface area contributed by atoms with Crippen molar-refractivity contribution in [3.8, 4) is 6.01 Å². The first-order chi connectivity index (χ1) is 9.33. The van der Waals surface area contributed by atoms with Crippen molar-refractivity contribution in [2.24, 2.45) is 5.92 Å². The third-order valence-electron chi connectivity index (χ3n) is 2.96. The topological polar surface area (TPSA) is 63.2 Å². The highest BCUT2D eigenvalue weighted by Gasteiger charge is 2.17. The molecule has 1 unspecified atom stereocenters. The molecule has 20 heavy (non-hydrogen) atoms. The van der Waals surface area contributed by atoms with Gasteiger partial charge in [0.2, 0.25) is 11.9 Å². The van der Waals surface area contributed by atoms with Crippen LogP contribution in [0.3, 0.4) is 0 Å². The predicted molar refractivity (Wildman–Crippen MR) is 82.5 cm³/mol. The standard InChI is InChI=1S/C14H27N5O/c1-9(2)8-11(5)19(7)13-16-12(15-6)17-14(18-13)20-10(3)4/h9-11H,8H2,1-7H3,(H,15,16,17,18). The van der Waals surface area contributed by atoms with Crippen LogP contribution in [0.5, 0.6) is 6.01 Å².